The number of thiophene rings is 1. The van der Waals surface area contributed by atoms with Crippen molar-refractivity contribution in [3.05, 3.63) is 27.4 Å². The highest BCUT2D eigenvalue weighted by atomic mass is 32.1. The van der Waals surface area contributed by atoms with Crippen molar-refractivity contribution in [2.24, 2.45) is 0 Å². The van der Waals surface area contributed by atoms with Crippen LogP contribution in [-0.2, 0) is 6.54 Å². The standard InChI is InChI=1S/C10H12N2OS2/c1-7-5-11-10(15-7)12-6-9-8(13-2)3-4-14-9/h3-5H,6H2,1-2H3,(H,11,12). The molecule has 2 rings (SSSR count). The quantitative estimate of drug-likeness (QED) is 0.891. The van der Waals surface area contributed by atoms with Crippen LogP contribution in [0.2, 0.25) is 0 Å². The number of nitrogens with one attached hydrogen (secondary N) is 1. The molecule has 0 unspecified atom stereocenters. The lowest BCUT2D eigenvalue weighted by Gasteiger charge is -2.02. The molecule has 0 aliphatic heterocycles. The van der Waals surface area contributed by atoms with E-state index in [0.29, 0.717) is 0 Å². The predicted molar refractivity (Wildman–Crippen MR) is 65.0 cm³/mol. The van der Waals surface area contributed by atoms with Crippen molar-refractivity contribution in [1.29, 1.82) is 0 Å². The molecule has 0 aliphatic rings. The lowest BCUT2D eigenvalue weighted by molar-refractivity contribution is 0.413. The monoisotopic (exact) mass is 240 g/mol. The number of nitrogens with zero attached hydrogens (tertiary/aromatic N) is 1. The first-order chi connectivity index (χ1) is 7.29. The number of aromatic nitrogens is 1. The second kappa shape index (κ2) is 4.63. The van der Waals surface area contributed by atoms with Gasteiger partial charge in [0.25, 0.3) is 0 Å². The molecule has 2 aromatic heterocycles. The Kier molecular flexibility index (Phi) is 3.23. The van der Waals surface area contributed by atoms with Crippen LogP contribution in [0.5, 0.6) is 5.75 Å². The number of hydrogen-bond acceptors (Lipinski definition) is 5. The van der Waals surface area contributed by atoms with Gasteiger partial charge in [-0.25, -0.2) is 4.98 Å². The van der Waals surface area contributed by atoms with Crippen molar-refractivity contribution in [3.63, 3.8) is 0 Å². The fourth-order valence-corrected chi connectivity index (χ4v) is 2.67. The molecule has 0 aliphatic carbocycles. The minimum Gasteiger partial charge on any atom is -0.496 e. The van der Waals surface area contributed by atoms with Gasteiger partial charge >= 0.3 is 0 Å². The first-order valence-corrected chi connectivity index (χ1v) is 6.26. The van der Waals surface area contributed by atoms with E-state index < -0.39 is 0 Å². The first-order valence-electron chi connectivity index (χ1n) is 4.56. The van der Waals surface area contributed by atoms with Gasteiger partial charge in [-0.1, -0.05) is 0 Å². The fraction of sp³-hybridized carbons (Fsp3) is 0.300. The Balaban J connectivity index is 1.98. The molecule has 0 spiro atoms. The largest absolute Gasteiger partial charge is 0.496 e. The molecular weight excluding hydrogens is 228 g/mol. The second-order valence-corrected chi connectivity index (χ2v) is 5.28. The van der Waals surface area contributed by atoms with E-state index in [-0.39, 0.29) is 0 Å². The number of methoxy groups -OCH3 is 1. The summed E-state index contributed by atoms with van der Waals surface area (Å²) in [5.74, 6) is 0.945. The molecule has 15 heavy (non-hydrogen) atoms. The SMILES string of the molecule is COc1ccsc1CNc1ncc(C)s1. The van der Waals surface area contributed by atoms with Crippen LogP contribution in [0.15, 0.2) is 17.6 Å². The van der Waals surface area contributed by atoms with Crippen molar-refractivity contribution in [1.82, 2.24) is 4.98 Å². The lowest BCUT2D eigenvalue weighted by atomic mass is 10.4. The summed E-state index contributed by atoms with van der Waals surface area (Å²) in [5.41, 5.74) is 0. The van der Waals surface area contributed by atoms with Crippen molar-refractivity contribution >= 4 is 27.8 Å². The molecule has 5 heteroatoms. The van der Waals surface area contributed by atoms with Crippen LogP contribution < -0.4 is 10.1 Å². The lowest BCUT2D eigenvalue weighted by Crippen LogP contribution is -1.98. The molecule has 2 aromatic rings. The predicted octanol–water partition coefficient (Wildman–Crippen LogP) is 3.13. The third-order valence-corrected chi connectivity index (χ3v) is 3.72. The Hall–Kier alpha value is -1.07. The van der Waals surface area contributed by atoms with Crippen LogP contribution in [0.3, 0.4) is 0 Å². The molecule has 0 saturated carbocycles. The number of aryl methyl sites for hydroxylation is 1. The van der Waals surface area contributed by atoms with Crippen molar-refractivity contribution in [2.75, 3.05) is 12.4 Å². The third-order valence-electron chi connectivity index (χ3n) is 1.95. The zero-order valence-electron chi connectivity index (χ0n) is 8.61. The molecule has 0 atom stereocenters. The maximum Gasteiger partial charge on any atom is 0.183 e. The third kappa shape index (κ3) is 2.49. The van der Waals surface area contributed by atoms with E-state index >= 15 is 0 Å². The van der Waals surface area contributed by atoms with Crippen LogP contribution in [0.25, 0.3) is 0 Å². The number of thiazole rings is 1. The molecule has 1 N–H and O–H groups in total. The highest BCUT2D eigenvalue weighted by molar-refractivity contribution is 7.15. The molecule has 0 aromatic carbocycles. The summed E-state index contributed by atoms with van der Waals surface area (Å²) in [6.07, 6.45) is 1.87. The summed E-state index contributed by atoms with van der Waals surface area (Å²) in [7, 11) is 1.69. The number of rotatable bonds is 4. The first kappa shape index (κ1) is 10.4. The van der Waals surface area contributed by atoms with E-state index in [0.717, 1.165) is 17.4 Å². The van der Waals surface area contributed by atoms with Crippen molar-refractivity contribution in [2.45, 2.75) is 13.5 Å². The Morgan fingerprint density at radius 2 is 2.40 bits per heavy atom. The maximum atomic E-state index is 5.23. The summed E-state index contributed by atoms with van der Waals surface area (Å²) in [6.45, 7) is 2.82. The van der Waals surface area contributed by atoms with E-state index in [2.05, 4.69) is 17.2 Å². The molecule has 3 nitrogen and oxygen atoms in total. The molecule has 2 heterocycles. The zero-order valence-corrected chi connectivity index (χ0v) is 10.2. The molecule has 0 saturated heterocycles. The summed E-state index contributed by atoms with van der Waals surface area (Å²) in [5, 5.41) is 6.27. The Bertz CT molecular complexity index is 436. The van der Waals surface area contributed by atoms with Gasteiger partial charge in [0.05, 0.1) is 18.5 Å². The Morgan fingerprint density at radius 1 is 1.53 bits per heavy atom. The molecule has 0 bridgehead atoms. The molecule has 0 radical (unpaired) electrons. The van der Waals surface area contributed by atoms with Crippen molar-refractivity contribution in [3.8, 4) is 5.75 Å². The van der Waals surface area contributed by atoms with Gasteiger partial charge in [0.2, 0.25) is 0 Å². The maximum absolute atomic E-state index is 5.23. The highest BCUT2D eigenvalue weighted by Crippen LogP contribution is 2.26. The number of hydrogen-bond donors (Lipinski definition) is 1. The summed E-state index contributed by atoms with van der Waals surface area (Å²) in [6, 6.07) is 1.98. The number of anilines is 1. The number of ether oxygens (including phenoxy) is 1. The van der Waals surface area contributed by atoms with Crippen LogP contribution in [0.4, 0.5) is 5.13 Å². The Morgan fingerprint density at radius 3 is 3.07 bits per heavy atom. The van der Waals surface area contributed by atoms with Gasteiger partial charge in [-0.3, -0.25) is 0 Å². The minimum absolute atomic E-state index is 0.772. The normalized spacial score (nSPS) is 10.3. The van der Waals surface area contributed by atoms with Gasteiger partial charge in [-0.2, -0.15) is 0 Å². The van der Waals surface area contributed by atoms with Crippen molar-refractivity contribution < 1.29 is 4.74 Å². The van der Waals surface area contributed by atoms with Gasteiger partial charge in [0.15, 0.2) is 5.13 Å². The van der Waals surface area contributed by atoms with Crippen LogP contribution in [0, 0.1) is 6.92 Å². The summed E-state index contributed by atoms with van der Waals surface area (Å²) < 4.78 is 5.23. The average Bonchev–Trinajstić information content (AvgIpc) is 2.83. The smallest absolute Gasteiger partial charge is 0.183 e. The molecule has 80 valence electrons. The van der Waals surface area contributed by atoms with E-state index in [1.807, 2.05) is 17.6 Å². The van der Waals surface area contributed by atoms with Crippen LogP contribution >= 0.6 is 22.7 Å². The van der Waals surface area contributed by atoms with Gasteiger partial charge in [-0.05, 0) is 18.4 Å². The topological polar surface area (TPSA) is 34.1 Å². The van der Waals surface area contributed by atoms with Gasteiger partial charge in [0.1, 0.15) is 5.75 Å². The van der Waals surface area contributed by atoms with E-state index in [4.69, 9.17) is 4.74 Å². The van der Waals surface area contributed by atoms with E-state index in [1.165, 1.54) is 9.75 Å². The Labute approximate surface area is 96.7 Å². The fourth-order valence-electron chi connectivity index (χ4n) is 1.23. The summed E-state index contributed by atoms with van der Waals surface area (Å²) >= 11 is 3.35. The highest BCUT2D eigenvalue weighted by Gasteiger charge is 2.04. The van der Waals surface area contributed by atoms with Crippen LogP contribution in [0.1, 0.15) is 9.75 Å². The van der Waals surface area contributed by atoms with Crippen LogP contribution in [-0.4, -0.2) is 12.1 Å². The summed E-state index contributed by atoms with van der Waals surface area (Å²) in [4.78, 5) is 6.66. The zero-order chi connectivity index (χ0) is 10.7. The van der Waals surface area contributed by atoms with E-state index in [1.54, 1.807) is 29.8 Å². The van der Waals surface area contributed by atoms with E-state index in [9.17, 15) is 0 Å². The average molecular weight is 240 g/mol. The van der Waals surface area contributed by atoms with Gasteiger partial charge < -0.3 is 10.1 Å². The van der Waals surface area contributed by atoms with Gasteiger partial charge in [-0.15, -0.1) is 22.7 Å². The molecule has 0 amide bonds. The van der Waals surface area contributed by atoms with Gasteiger partial charge in [0, 0.05) is 11.1 Å². The second-order valence-electron chi connectivity index (χ2n) is 3.04. The minimum atomic E-state index is 0.772. The molecule has 0 fully saturated rings. The molecular formula is C10H12N2OS2.